The van der Waals surface area contributed by atoms with Gasteiger partial charge in [0, 0.05) is 37.0 Å². The van der Waals surface area contributed by atoms with Crippen LogP contribution < -0.4 is 4.90 Å². The first-order valence-electron chi connectivity index (χ1n) is 8.40. The Morgan fingerprint density at radius 2 is 2.19 bits per heavy atom. The van der Waals surface area contributed by atoms with E-state index in [0.29, 0.717) is 21.9 Å². The number of nitrogens with zero attached hydrogens (tertiary/aromatic N) is 4. The van der Waals surface area contributed by atoms with Gasteiger partial charge in [-0.1, -0.05) is 29.5 Å². The Morgan fingerprint density at radius 1 is 1.27 bits per heavy atom. The number of ketones is 1. The fourth-order valence-electron chi connectivity index (χ4n) is 3.21. The molecule has 0 radical (unpaired) electrons. The second-order valence-corrected chi connectivity index (χ2v) is 7.26. The van der Waals surface area contributed by atoms with Gasteiger partial charge in [0.15, 0.2) is 5.13 Å². The number of rotatable bonds is 4. The topological polar surface area (TPSA) is 69.9 Å². The van der Waals surface area contributed by atoms with Crippen LogP contribution in [0.25, 0.3) is 0 Å². The number of hydrogen-bond acceptors (Lipinski definition) is 6. The molecule has 0 bridgehead atoms. The lowest BCUT2D eigenvalue weighted by Crippen LogP contribution is -2.18. The maximum atomic E-state index is 12.7. The largest absolute Gasteiger partial charge is 0.347 e. The average molecular weight is 360 g/mol. The van der Waals surface area contributed by atoms with Crippen molar-refractivity contribution in [2.24, 2.45) is 0 Å². The van der Waals surface area contributed by atoms with Gasteiger partial charge in [-0.3, -0.25) is 9.78 Å². The van der Waals surface area contributed by atoms with Crippen LogP contribution in [0.4, 0.5) is 5.13 Å². The van der Waals surface area contributed by atoms with E-state index < -0.39 is 0 Å². The second kappa shape index (κ2) is 7.06. The number of nitriles is 1. The molecule has 0 unspecified atom stereocenters. The van der Waals surface area contributed by atoms with Gasteiger partial charge in [-0.25, -0.2) is 4.98 Å². The number of hydrogen-bond donors (Lipinski definition) is 0. The smallest absolute Gasteiger partial charge is 0.204 e. The Bertz CT molecular complexity index is 977. The lowest BCUT2D eigenvalue weighted by Gasteiger charge is -2.14. The molecule has 0 aliphatic carbocycles. The Kier molecular flexibility index (Phi) is 4.46. The van der Waals surface area contributed by atoms with Crippen molar-refractivity contribution in [1.29, 1.82) is 5.26 Å². The SMILES string of the molecule is N#Cc1cccc(C(=O)c2cnc(N3CC[C@@H](c4cccnc4)C3)s2)c1. The highest BCUT2D eigenvalue weighted by Gasteiger charge is 2.26. The highest BCUT2D eigenvalue weighted by atomic mass is 32.1. The van der Waals surface area contributed by atoms with E-state index in [2.05, 4.69) is 27.0 Å². The molecule has 1 aromatic carbocycles. The van der Waals surface area contributed by atoms with Gasteiger partial charge in [0.05, 0.1) is 22.7 Å². The monoisotopic (exact) mass is 360 g/mol. The average Bonchev–Trinajstić information content (AvgIpc) is 3.38. The van der Waals surface area contributed by atoms with Gasteiger partial charge in [0.2, 0.25) is 5.78 Å². The van der Waals surface area contributed by atoms with E-state index in [4.69, 9.17) is 5.26 Å². The molecule has 1 atom stereocenters. The summed E-state index contributed by atoms with van der Waals surface area (Å²) in [7, 11) is 0. The van der Waals surface area contributed by atoms with Gasteiger partial charge in [-0.15, -0.1) is 0 Å². The van der Waals surface area contributed by atoms with Gasteiger partial charge in [0.1, 0.15) is 0 Å². The van der Waals surface area contributed by atoms with E-state index in [1.807, 2.05) is 12.3 Å². The van der Waals surface area contributed by atoms with E-state index in [9.17, 15) is 4.79 Å². The van der Waals surface area contributed by atoms with Gasteiger partial charge in [0.25, 0.3) is 0 Å². The minimum Gasteiger partial charge on any atom is -0.347 e. The Balaban J connectivity index is 1.50. The highest BCUT2D eigenvalue weighted by Crippen LogP contribution is 2.33. The standard InChI is InChI=1S/C20H16N4OS/c21-10-14-3-1-4-15(9-14)19(25)18-12-23-20(26-18)24-8-6-17(13-24)16-5-2-7-22-11-16/h1-5,7,9,11-12,17H,6,8,13H2/t17-/m1/s1. The molecule has 0 spiro atoms. The number of pyridine rings is 1. The minimum absolute atomic E-state index is 0.0890. The summed E-state index contributed by atoms with van der Waals surface area (Å²) in [6, 6.07) is 12.9. The summed E-state index contributed by atoms with van der Waals surface area (Å²) in [4.78, 5) is 24.1. The fraction of sp³-hybridized carbons (Fsp3) is 0.200. The number of benzene rings is 1. The molecule has 0 amide bonds. The minimum atomic E-state index is -0.0890. The van der Waals surface area contributed by atoms with Crippen molar-refractivity contribution in [2.45, 2.75) is 12.3 Å². The van der Waals surface area contributed by atoms with Crippen LogP contribution in [0, 0.1) is 11.3 Å². The van der Waals surface area contributed by atoms with Crippen LogP contribution in [0.15, 0.2) is 55.0 Å². The first-order valence-corrected chi connectivity index (χ1v) is 9.22. The molecule has 0 saturated carbocycles. The van der Waals surface area contributed by atoms with Crippen LogP contribution in [0.3, 0.4) is 0 Å². The Labute approximate surface area is 155 Å². The zero-order valence-corrected chi connectivity index (χ0v) is 14.8. The van der Waals surface area contributed by atoms with Crippen LogP contribution in [0.5, 0.6) is 0 Å². The molecule has 0 N–H and O–H groups in total. The van der Waals surface area contributed by atoms with Crippen molar-refractivity contribution in [3.63, 3.8) is 0 Å². The predicted octanol–water partition coefficient (Wildman–Crippen LogP) is 3.63. The van der Waals surface area contributed by atoms with Gasteiger partial charge in [-0.05, 0) is 30.2 Å². The summed E-state index contributed by atoms with van der Waals surface area (Å²) >= 11 is 1.41. The normalized spacial score (nSPS) is 16.4. The Hall–Kier alpha value is -3.04. The summed E-state index contributed by atoms with van der Waals surface area (Å²) in [5.74, 6) is 0.355. The van der Waals surface area contributed by atoms with E-state index in [-0.39, 0.29) is 5.78 Å². The summed E-state index contributed by atoms with van der Waals surface area (Å²) in [6.07, 6.45) is 6.40. The van der Waals surface area contributed by atoms with E-state index in [0.717, 1.165) is 24.6 Å². The van der Waals surface area contributed by atoms with Crippen molar-refractivity contribution in [2.75, 3.05) is 18.0 Å². The third-order valence-electron chi connectivity index (χ3n) is 4.59. The van der Waals surface area contributed by atoms with Crippen LogP contribution in [-0.4, -0.2) is 28.8 Å². The highest BCUT2D eigenvalue weighted by molar-refractivity contribution is 7.17. The molecule has 5 nitrogen and oxygen atoms in total. The number of aromatic nitrogens is 2. The third kappa shape index (κ3) is 3.22. The first kappa shape index (κ1) is 16.4. The van der Waals surface area contributed by atoms with Crippen molar-refractivity contribution in [1.82, 2.24) is 9.97 Å². The summed E-state index contributed by atoms with van der Waals surface area (Å²) in [5, 5.41) is 9.87. The fourth-order valence-corrected chi connectivity index (χ4v) is 4.12. The van der Waals surface area contributed by atoms with Crippen LogP contribution in [0.1, 0.15) is 38.7 Å². The van der Waals surface area contributed by atoms with E-state index in [1.165, 1.54) is 16.9 Å². The van der Waals surface area contributed by atoms with Crippen molar-refractivity contribution >= 4 is 22.3 Å². The molecular weight excluding hydrogens is 344 g/mol. The number of carbonyl (C=O) groups excluding carboxylic acids is 1. The zero-order chi connectivity index (χ0) is 17.9. The molecule has 1 fully saturated rings. The summed E-state index contributed by atoms with van der Waals surface area (Å²) in [5.41, 5.74) is 2.25. The van der Waals surface area contributed by atoms with E-state index >= 15 is 0 Å². The zero-order valence-electron chi connectivity index (χ0n) is 14.0. The van der Waals surface area contributed by atoms with E-state index in [1.54, 1.807) is 36.7 Å². The second-order valence-electron chi connectivity index (χ2n) is 6.25. The van der Waals surface area contributed by atoms with Crippen molar-refractivity contribution in [3.8, 4) is 6.07 Å². The molecule has 1 aliphatic heterocycles. The number of carbonyl (C=O) groups is 1. The molecule has 4 rings (SSSR count). The number of thiazole rings is 1. The van der Waals surface area contributed by atoms with Crippen LogP contribution in [-0.2, 0) is 0 Å². The first-order chi connectivity index (χ1) is 12.7. The van der Waals surface area contributed by atoms with Crippen LogP contribution >= 0.6 is 11.3 Å². The summed E-state index contributed by atoms with van der Waals surface area (Å²) < 4.78 is 0. The predicted molar refractivity (Wildman–Crippen MR) is 101 cm³/mol. The Morgan fingerprint density at radius 3 is 3.00 bits per heavy atom. The maximum absolute atomic E-state index is 12.7. The molecule has 6 heteroatoms. The van der Waals surface area contributed by atoms with Crippen molar-refractivity contribution in [3.05, 3.63) is 76.6 Å². The quantitative estimate of drug-likeness (QED) is 0.665. The molecule has 3 aromatic rings. The molecular formula is C20H16N4OS. The molecule has 1 aliphatic rings. The third-order valence-corrected chi connectivity index (χ3v) is 5.64. The van der Waals surface area contributed by atoms with Gasteiger partial charge in [-0.2, -0.15) is 5.26 Å². The molecule has 3 heterocycles. The van der Waals surface area contributed by atoms with Gasteiger partial charge < -0.3 is 4.90 Å². The molecule has 2 aromatic heterocycles. The molecule has 128 valence electrons. The number of anilines is 1. The van der Waals surface area contributed by atoms with Crippen molar-refractivity contribution < 1.29 is 4.79 Å². The molecule has 26 heavy (non-hydrogen) atoms. The molecule has 1 saturated heterocycles. The van der Waals surface area contributed by atoms with Gasteiger partial charge >= 0.3 is 0 Å². The summed E-state index contributed by atoms with van der Waals surface area (Å²) in [6.45, 7) is 1.81. The van der Waals surface area contributed by atoms with Crippen LogP contribution in [0.2, 0.25) is 0 Å². The maximum Gasteiger partial charge on any atom is 0.204 e. The lowest BCUT2D eigenvalue weighted by molar-refractivity contribution is 0.104. The lowest BCUT2D eigenvalue weighted by atomic mass is 10.0.